The van der Waals surface area contributed by atoms with Gasteiger partial charge in [0.15, 0.2) is 0 Å². The van der Waals surface area contributed by atoms with Crippen LogP contribution in [0.1, 0.15) is 181 Å². The molecule has 336 valence electrons. The number of aromatic carboxylic acids is 3. The molecule has 0 N–H and O–H groups in total. The summed E-state index contributed by atoms with van der Waals surface area (Å²) in [4.78, 5) is 34.1. The zero-order valence-electron chi connectivity index (χ0n) is 39.7. The van der Waals surface area contributed by atoms with E-state index < -0.39 is 17.9 Å². The topological polar surface area (TPSA) is 148 Å². The monoisotopic (exact) mass is 859 g/mol. The normalized spacial score (nSPS) is 10.6. The van der Waals surface area contributed by atoms with Crippen LogP contribution >= 0.6 is 0 Å². The first-order valence-corrected chi connectivity index (χ1v) is 22.7. The Labute approximate surface area is 379 Å². The van der Waals surface area contributed by atoms with Crippen LogP contribution in [0.2, 0.25) is 0 Å². The third kappa shape index (κ3) is 16.3. The van der Waals surface area contributed by atoms with E-state index in [9.17, 15) is 29.7 Å². The van der Waals surface area contributed by atoms with E-state index in [1.807, 2.05) is 41.5 Å². The summed E-state index contributed by atoms with van der Waals surface area (Å²) in [5.41, 5.74) is 14.5. The second-order valence-corrected chi connectivity index (χ2v) is 14.4. The molecule has 0 aliphatic carbocycles. The summed E-state index contributed by atoms with van der Waals surface area (Å²) >= 11 is 0. The molecule has 10 heteroatoms. The van der Waals surface area contributed by atoms with E-state index in [-0.39, 0.29) is 17.4 Å². The van der Waals surface area contributed by atoms with Crippen LogP contribution < -0.4 is 15.3 Å². The van der Waals surface area contributed by atoms with Gasteiger partial charge in [0.2, 0.25) is 0 Å². The van der Waals surface area contributed by atoms with Crippen LogP contribution in [-0.2, 0) is 91.3 Å². The van der Waals surface area contributed by atoms with E-state index in [0.29, 0.717) is 56.3 Å². The number of ether oxygens (including phenoxy) is 3. The van der Waals surface area contributed by atoms with Gasteiger partial charge in [0.05, 0.1) is 37.7 Å². The van der Waals surface area contributed by atoms with Gasteiger partial charge in [-0.2, -0.15) is 0 Å². The largest absolute Gasteiger partial charge is 3.00 e. The first-order valence-electron chi connectivity index (χ1n) is 22.7. The first-order chi connectivity index (χ1) is 28.8. The number of carboxylic acids is 3. The molecule has 0 bridgehead atoms. The first kappa shape index (κ1) is 57.5. The zero-order chi connectivity index (χ0) is 45.4. The predicted molar refractivity (Wildman–Crippen MR) is 243 cm³/mol. The van der Waals surface area contributed by atoms with Crippen molar-refractivity contribution in [2.45, 2.75) is 160 Å². The molecule has 0 radical (unpaired) electrons. The number of carboxylic acid groups (broad SMARTS) is 3. The molecule has 0 aromatic heterocycles. The smallest absolute Gasteiger partial charge is 0.545 e. The summed E-state index contributed by atoms with van der Waals surface area (Å²) in [5, 5.41) is 34.1. The molecule has 0 aliphatic rings. The van der Waals surface area contributed by atoms with Gasteiger partial charge < -0.3 is 43.9 Å². The fourth-order valence-corrected chi connectivity index (χ4v) is 8.54. The van der Waals surface area contributed by atoms with Gasteiger partial charge in [-0.1, -0.05) is 62.3 Å². The van der Waals surface area contributed by atoms with Crippen LogP contribution in [0.4, 0.5) is 0 Å². The molecular weight excluding hydrogens is 784 g/mol. The van der Waals surface area contributed by atoms with E-state index in [1.54, 1.807) is 18.2 Å². The minimum Gasteiger partial charge on any atom is -0.545 e. The maximum atomic E-state index is 11.4. The molecule has 61 heavy (non-hydrogen) atoms. The maximum Gasteiger partial charge on any atom is 3.00 e. The fourth-order valence-electron chi connectivity index (χ4n) is 8.54. The van der Waals surface area contributed by atoms with Crippen LogP contribution in [0.15, 0.2) is 18.2 Å². The number of aryl methyl sites for hydroxylation is 3. The van der Waals surface area contributed by atoms with Crippen molar-refractivity contribution in [3.63, 3.8) is 0 Å². The molecule has 0 saturated carbocycles. The van der Waals surface area contributed by atoms with Crippen molar-refractivity contribution in [3.05, 3.63) is 102 Å². The number of rotatable bonds is 24. The number of hydrogen-bond donors (Lipinski definition) is 0. The van der Waals surface area contributed by atoms with Crippen molar-refractivity contribution in [3.8, 4) is 0 Å². The van der Waals surface area contributed by atoms with E-state index in [2.05, 4.69) is 41.5 Å². The number of carbonyl (C=O) groups excluding carboxylic acids is 3. The SMILES string of the molecule is CCOCCc1c(CC)cc(C(=O)[O-])c(CC)c1CC.CCOCCc1c(CC)cc(C(=O)[O-])c(CC)c1CC.CCOCCc1c(CC)cc(C(=O)[O-])c(CC)c1CC.[Al+3]. The van der Waals surface area contributed by atoms with Crippen molar-refractivity contribution in [1.29, 1.82) is 0 Å². The Hall–Kier alpha value is -3.52. The molecule has 0 spiro atoms. The number of carbonyl (C=O) groups is 3. The molecular formula is C51H75AlO9. The van der Waals surface area contributed by atoms with Gasteiger partial charge in [-0.15, -0.1) is 0 Å². The molecule has 0 atom stereocenters. The molecule has 0 aliphatic heterocycles. The maximum absolute atomic E-state index is 11.4. The Morgan fingerprint density at radius 2 is 0.574 bits per heavy atom. The van der Waals surface area contributed by atoms with Gasteiger partial charge in [-0.05, 0) is 183 Å². The Bertz CT molecular complexity index is 1610. The summed E-state index contributed by atoms with van der Waals surface area (Å²) < 4.78 is 16.4. The Morgan fingerprint density at radius 1 is 0.361 bits per heavy atom. The van der Waals surface area contributed by atoms with Crippen LogP contribution in [0.5, 0.6) is 0 Å². The summed E-state index contributed by atoms with van der Waals surface area (Å²) in [7, 11) is 0. The average molecular weight is 859 g/mol. The second kappa shape index (κ2) is 31.3. The van der Waals surface area contributed by atoms with E-state index in [0.717, 1.165) is 110 Å². The molecule has 0 unspecified atom stereocenters. The molecule has 0 saturated heterocycles. The Balaban J connectivity index is 0.000000878. The molecule has 3 rings (SSSR count). The van der Waals surface area contributed by atoms with E-state index in [1.165, 1.54) is 33.4 Å². The molecule has 3 aromatic carbocycles. The van der Waals surface area contributed by atoms with E-state index >= 15 is 0 Å². The van der Waals surface area contributed by atoms with Crippen molar-refractivity contribution >= 4 is 35.3 Å². The minimum absolute atomic E-state index is 0. The second-order valence-electron chi connectivity index (χ2n) is 14.4. The van der Waals surface area contributed by atoms with Gasteiger partial charge in [-0.25, -0.2) is 0 Å². The fraction of sp³-hybridized carbons (Fsp3) is 0.588. The van der Waals surface area contributed by atoms with Crippen molar-refractivity contribution in [1.82, 2.24) is 0 Å². The molecule has 3 aromatic rings. The van der Waals surface area contributed by atoms with Crippen molar-refractivity contribution in [2.24, 2.45) is 0 Å². The molecule has 0 amide bonds. The predicted octanol–water partition coefficient (Wildman–Crippen LogP) is 6.57. The van der Waals surface area contributed by atoms with Gasteiger partial charge in [0, 0.05) is 36.5 Å². The number of benzene rings is 3. The van der Waals surface area contributed by atoms with Gasteiger partial charge in [0.25, 0.3) is 0 Å². The van der Waals surface area contributed by atoms with Crippen LogP contribution in [0.25, 0.3) is 0 Å². The van der Waals surface area contributed by atoms with Gasteiger partial charge in [0.1, 0.15) is 0 Å². The summed E-state index contributed by atoms with van der Waals surface area (Å²) in [5.74, 6) is -3.20. The van der Waals surface area contributed by atoms with Crippen LogP contribution in [0, 0.1) is 0 Å². The summed E-state index contributed by atoms with van der Waals surface area (Å²) in [6.45, 7) is 28.6. The molecule has 0 heterocycles. The van der Waals surface area contributed by atoms with Crippen LogP contribution in [-0.4, -0.2) is 74.9 Å². The minimum atomic E-state index is -1.07. The summed E-state index contributed by atoms with van der Waals surface area (Å²) in [6.07, 6.45) is 9.74. The molecule has 9 nitrogen and oxygen atoms in total. The summed E-state index contributed by atoms with van der Waals surface area (Å²) in [6, 6.07) is 5.40. The third-order valence-corrected chi connectivity index (χ3v) is 11.3. The van der Waals surface area contributed by atoms with Crippen LogP contribution in [0.3, 0.4) is 0 Å². The Morgan fingerprint density at radius 3 is 0.721 bits per heavy atom. The standard InChI is InChI=1S/3C17H26O3.Al/c3*1-5-12-11-16(17(18)19)14(7-3)13(6-2)15(12)9-10-20-8-4;/h3*11H,5-10H2,1-4H3,(H,18,19);/q;;;+3/p-3. The van der Waals surface area contributed by atoms with Crippen molar-refractivity contribution in [2.75, 3.05) is 39.6 Å². The van der Waals surface area contributed by atoms with Gasteiger partial charge >= 0.3 is 17.4 Å². The number of hydrogen-bond acceptors (Lipinski definition) is 9. The average Bonchev–Trinajstić information content (AvgIpc) is 3.25. The quantitative estimate of drug-likeness (QED) is 0.0721. The van der Waals surface area contributed by atoms with Crippen molar-refractivity contribution < 1.29 is 43.9 Å². The Kier molecular flexibility index (Phi) is 29.5. The van der Waals surface area contributed by atoms with Gasteiger partial charge in [-0.3, -0.25) is 0 Å². The third-order valence-electron chi connectivity index (χ3n) is 11.3. The van der Waals surface area contributed by atoms with E-state index in [4.69, 9.17) is 14.2 Å². The molecule has 0 fully saturated rings. The zero-order valence-corrected chi connectivity index (χ0v) is 40.9.